The van der Waals surface area contributed by atoms with Crippen LogP contribution in [0.15, 0.2) is 72.9 Å². The summed E-state index contributed by atoms with van der Waals surface area (Å²) < 4.78 is 16.9. The summed E-state index contributed by atoms with van der Waals surface area (Å²) in [5.41, 5.74) is 0. The molecular formula is C72H128O6. The third-order valence-electron chi connectivity index (χ3n) is 14.9. The van der Waals surface area contributed by atoms with Crippen molar-refractivity contribution in [3.63, 3.8) is 0 Å². The van der Waals surface area contributed by atoms with Gasteiger partial charge in [0.25, 0.3) is 0 Å². The van der Waals surface area contributed by atoms with E-state index in [-0.39, 0.29) is 31.1 Å². The summed E-state index contributed by atoms with van der Waals surface area (Å²) in [6, 6.07) is 0. The Hall–Kier alpha value is -3.15. The van der Waals surface area contributed by atoms with Crippen LogP contribution in [-0.2, 0) is 28.6 Å². The van der Waals surface area contributed by atoms with Crippen LogP contribution in [0, 0.1) is 0 Å². The summed E-state index contributed by atoms with van der Waals surface area (Å²) >= 11 is 0. The minimum absolute atomic E-state index is 0.0740. The molecule has 6 heteroatoms. The van der Waals surface area contributed by atoms with E-state index in [0.717, 1.165) is 109 Å². The van der Waals surface area contributed by atoms with Gasteiger partial charge < -0.3 is 14.2 Å². The maximum Gasteiger partial charge on any atom is 0.306 e. The van der Waals surface area contributed by atoms with Crippen molar-refractivity contribution in [3.05, 3.63) is 72.9 Å². The smallest absolute Gasteiger partial charge is 0.306 e. The number of ether oxygens (including phenoxy) is 3. The highest BCUT2D eigenvalue weighted by atomic mass is 16.6. The van der Waals surface area contributed by atoms with E-state index in [1.165, 1.54) is 199 Å². The number of unbranched alkanes of at least 4 members (excludes halogenated alkanes) is 39. The molecule has 0 aliphatic carbocycles. The van der Waals surface area contributed by atoms with E-state index in [9.17, 15) is 14.4 Å². The summed E-state index contributed by atoms with van der Waals surface area (Å²) in [5.74, 6) is -0.869. The number of carbonyl (C=O) groups excluding carboxylic acids is 3. The van der Waals surface area contributed by atoms with Crippen molar-refractivity contribution in [3.8, 4) is 0 Å². The monoisotopic (exact) mass is 1090 g/mol. The van der Waals surface area contributed by atoms with Gasteiger partial charge in [-0.05, 0) is 83.5 Å². The predicted octanol–water partition coefficient (Wildman–Crippen LogP) is 23.3. The number of esters is 3. The summed E-state index contributed by atoms with van der Waals surface area (Å²) in [7, 11) is 0. The third-order valence-corrected chi connectivity index (χ3v) is 14.9. The molecule has 0 aromatic rings. The number of allylic oxidation sites excluding steroid dienone is 12. The van der Waals surface area contributed by atoms with Crippen LogP contribution in [0.5, 0.6) is 0 Å². The van der Waals surface area contributed by atoms with E-state index in [2.05, 4.69) is 93.7 Å². The van der Waals surface area contributed by atoms with Gasteiger partial charge in [-0.2, -0.15) is 0 Å². The molecular weight excluding hydrogens is 961 g/mol. The Labute approximate surface area is 484 Å². The van der Waals surface area contributed by atoms with Crippen molar-refractivity contribution >= 4 is 17.9 Å². The van der Waals surface area contributed by atoms with Gasteiger partial charge in [-0.3, -0.25) is 14.4 Å². The molecule has 1 unspecified atom stereocenters. The first-order valence-corrected chi connectivity index (χ1v) is 33.9. The second-order valence-electron chi connectivity index (χ2n) is 22.7. The lowest BCUT2D eigenvalue weighted by Crippen LogP contribution is -2.30. The lowest BCUT2D eigenvalue weighted by atomic mass is 10.0. The van der Waals surface area contributed by atoms with E-state index in [0.29, 0.717) is 19.3 Å². The lowest BCUT2D eigenvalue weighted by molar-refractivity contribution is -0.167. The molecule has 0 aromatic carbocycles. The first-order valence-electron chi connectivity index (χ1n) is 33.9. The molecule has 78 heavy (non-hydrogen) atoms. The van der Waals surface area contributed by atoms with Crippen molar-refractivity contribution < 1.29 is 28.6 Å². The van der Waals surface area contributed by atoms with E-state index < -0.39 is 6.10 Å². The quantitative estimate of drug-likeness (QED) is 0.0261. The molecule has 0 aromatic heterocycles. The van der Waals surface area contributed by atoms with Gasteiger partial charge in [0.1, 0.15) is 13.2 Å². The zero-order chi connectivity index (χ0) is 56.4. The fraction of sp³-hybridized carbons (Fsp3) is 0.792. The van der Waals surface area contributed by atoms with E-state index >= 15 is 0 Å². The average Bonchev–Trinajstić information content (AvgIpc) is 3.44. The largest absolute Gasteiger partial charge is 0.462 e. The van der Waals surface area contributed by atoms with Crippen LogP contribution >= 0.6 is 0 Å². The molecule has 452 valence electrons. The van der Waals surface area contributed by atoms with Crippen LogP contribution in [0.4, 0.5) is 0 Å². The summed E-state index contributed by atoms with van der Waals surface area (Å²) in [5, 5.41) is 0. The van der Waals surface area contributed by atoms with Crippen LogP contribution in [0.25, 0.3) is 0 Å². The minimum atomic E-state index is -0.777. The van der Waals surface area contributed by atoms with Crippen molar-refractivity contribution in [2.45, 2.75) is 354 Å². The number of hydrogen-bond acceptors (Lipinski definition) is 6. The third kappa shape index (κ3) is 63.7. The Morgan fingerprint density at radius 3 is 0.833 bits per heavy atom. The molecule has 0 saturated carbocycles. The molecule has 0 fully saturated rings. The zero-order valence-corrected chi connectivity index (χ0v) is 51.9. The fourth-order valence-corrected chi connectivity index (χ4v) is 9.89. The van der Waals surface area contributed by atoms with Gasteiger partial charge in [0.05, 0.1) is 0 Å². The molecule has 0 spiro atoms. The topological polar surface area (TPSA) is 78.9 Å². The highest BCUT2D eigenvalue weighted by Gasteiger charge is 2.19. The molecule has 0 aliphatic rings. The minimum Gasteiger partial charge on any atom is -0.462 e. The molecule has 0 aliphatic heterocycles. The molecule has 6 nitrogen and oxygen atoms in total. The molecule has 0 bridgehead atoms. The standard InChI is InChI=1S/C72H128O6/c1-4-7-10-13-16-19-22-25-27-28-29-30-31-32-33-34-35-36-37-38-39-40-41-42-43-44-45-48-50-53-56-59-62-65-71(74)77-68-69(67-76-70(73)64-61-58-55-52-49-46-24-21-18-15-12-9-6-3)78-72(75)66-63-60-57-54-51-47-26-23-20-17-14-11-8-5-2/h7,10,12,15-16,19,21,24-25,27,29-30,69H,4-6,8-9,11,13-14,17-18,20,22-23,26,28,31-68H2,1-3H3/b10-7-,15-12-,19-16-,24-21-,27-25-,30-29-. The summed E-state index contributed by atoms with van der Waals surface area (Å²) in [4.78, 5) is 38.3. The van der Waals surface area contributed by atoms with Gasteiger partial charge in [-0.15, -0.1) is 0 Å². The highest BCUT2D eigenvalue weighted by Crippen LogP contribution is 2.18. The van der Waals surface area contributed by atoms with Gasteiger partial charge in [0.15, 0.2) is 6.10 Å². The molecule has 0 rings (SSSR count). The molecule has 0 saturated heterocycles. The fourth-order valence-electron chi connectivity index (χ4n) is 9.89. The van der Waals surface area contributed by atoms with Crippen molar-refractivity contribution in [1.82, 2.24) is 0 Å². The first-order chi connectivity index (χ1) is 38.5. The normalized spacial score (nSPS) is 12.5. The molecule has 0 amide bonds. The Balaban J connectivity index is 4.10. The Bertz CT molecular complexity index is 1440. The van der Waals surface area contributed by atoms with Crippen molar-refractivity contribution in [1.29, 1.82) is 0 Å². The molecule has 1 atom stereocenters. The van der Waals surface area contributed by atoms with Crippen molar-refractivity contribution in [2.75, 3.05) is 13.2 Å². The maximum atomic E-state index is 12.9. The average molecular weight is 1090 g/mol. The SMILES string of the molecule is CC/C=C\C/C=C\C/C=C\C/C=C\CCCCCCCCCCCCCCCCCCCCCCC(=O)OCC(COC(=O)CCCCCCC/C=C\C/C=C\CCC)OC(=O)CCCCCCCCCCCCCCCC. The summed E-state index contributed by atoms with van der Waals surface area (Å²) in [6.45, 7) is 6.50. The van der Waals surface area contributed by atoms with Gasteiger partial charge in [-0.1, -0.05) is 318 Å². The van der Waals surface area contributed by atoms with Crippen LogP contribution in [0.1, 0.15) is 348 Å². The second-order valence-corrected chi connectivity index (χ2v) is 22.7. The Morgan fingerprint density at radius 1 is 0.269 bits per heavy atom. The van der Waals surface area contributed by atoms with E-state index in [1.54, 1.807) is 0 Å². The lowest BCUT2D eigenvalue weighted by Gasteiger charge is -2.18. The Morgan fingerprint density at radius 2 is 0.526 bits per heavy atom. The van der Waals surface area contributed by atoms with Crippen LogP contribution in [0.3, 0.4) is 0 Å². The number of carbonyl (C=O) groups is 3. The van der Waals surface area contributed by atoms with E-state index in [4.69, 9.17) is 14.2 Å². The number of rotatable bonds is 62. The van der Waals surface area contributed by atoms with Gasteiger partial charge in [0, 0.05) is 19.3 Å². The van der Waals surface area contributed by atoms with E-state index in [1.807, 2.05) is 0 Å². The molecule has 0 radical (unpaired) electrons. The van der Waals surface area contributed by atoms with Gasteiger partial charge in [-0.25, -0.2) is 0 Å². The van der Waals surface area contributed by atoms with Crippen LogP contribution in [0.2, 0.25) is 0 Å². The first kappa shape index (κ1) is 74.8. The van der Waals surface area contributed by atoms with Crippen LogP contribution < -0.4 is 0 Å². The Kier molecular flexibility index (Phi) is 63.7. The highest BCUT2D eigenvalue weighted by molar-refractivity contribution is 5.71. The molecule has 0 heterocycles. The van der Waals surface area contributed by atoms with Crippen LogP contribution in [-0.4, -0.2) is 37.2 Å². The van der Waals surface area contributed by atoms with Gasteiger partial charge >= 0.3 is 17.9 Å². The van der Waals surface area contributed by atoms with Crippen molar-refractivity contribution in [2.24, 2.45) is 0 Å². The molecule has 0 N–H and O–H groups in total. The predicted molar refractivity (Wildman–Crippen MR) is 339 cm³/mol. The number of hydrogen-bond donors (Lipinski definition) is 0. The second kappa shape index (κ2) is 66.4. The zero-order valence-electron chi connectivity index (χ0n) is 51.9. The van der Waals surface area contributed by atoms with Gasteiger partial charge in [0.2, 0.25) is 0 Å². The summed E-state index contributed by atoms with van der Waals surface area (Å²) in [6.07, 6.45) is 86.5. The maximum absolute atomic E-state index is 12.9.